The van der Waals surface area contributed by atoms with E-state index in [2.05, 4.69) is 48.7 Å². The molecule has 1 amide bonds. The second-order valence-electron chi connectivity index (χ2n) is 10.4. The van der Waals surface area contributed by atoms with E-state index in [4.69, 9.17) is 0 Å². The Morgan fingerprint density at radius 1 is 0.679 bits per heavy atom. The fourth-order valence-corrected chi connectivity index (χ4v) is 6.58. The van der Waals surface area contributed by atoms with Gasteiger partial charge in [0.05, 0.1) is 0 Å². The van der Waals surface area contributed by atoms with Crippen LogP contribution in [0.5, 0.6) is 0 Å². The molecule has 0 radical (unpaired) electrons. The predicted molar refractivity (Wildman–Crippen MR) is 130 cm³/mol. The summed E-state index contributed by atoms with van der Waals surface area (Å²) in [5, 5.41) is 3.52. The Bertz CT molecular complexity index is 440. The van der Waals surface area contributed by atoms with Gasteiger partial charge in [-0.2, -0.15) is 0 Å². The average Bonchev–Trinajstić information content (AvgIpc) is 2.70. The van der Waals surface area contributed by atoms with Crippen LogP contribution in [0.3, 0.4) is 0 Å². The number of alkyl halides is 1. The van der Waals surface area contributed by atoms with Gasteiger partial charge in [0.1, 0.15) is 0 Å². The Morgan fingerprint density at radius 2 is 1.32 bits per heavy atom. The molecular formula is C25H46INO. The molecule has 6 atom stereocenters. The Labute approximate surface area is 188 Å². The number of hydrogen-bond donors (Lipinski definition) is 1. The normalized spacial score (nSPS) is 37.4. The van der Waals surface area contributed by atoms with Crippen molar-refractivity contribution >= 4 is 28.5 Å². The van der Waals surface area contributed by atoms with E-state index in [-0.39, 0.29) is 5.92 Å². The minimum atomic E-state index is 0.247. The molecule has 0 aromatic carbocycles. The summed E-state index contributed by atoms with van der Waals surface area (Å²) in [5.74, 6) is 2.97. The molecule has 0 aromatic heterocycles. The highest BCUT2D eigenvalue weighted by Crippen LogP contribution is 2.29. The van der Waals surface area contributed by atoms with Crippen LogP contribution in [0.4, 0.5) is 0 Å². The zero-order valence-corrected chi connectivity index (χ0v) is 21.0. The Morgan fingerprint density at radius 3 is 2.11 bits per heavy atom. The summed E-state index contributed by atoms with van der Waals surface area (Å²) in [6.45, 7) is 7.18. The lowest BCUT2D eigenvalue weighted by Crippen LogP contribution is -2.40. The molecule has 0 aromatic rings. The van der Waals surface area contributed by atoms with Gasteiger partial charge in [-0.3, -0.25) is 4.79 Å². The molecule has 0 aliphatic heterocycles. The molecule has 2 fully saturated rings. The highest BCUT2D eigenvalue weighted by atomic mass is 127. The van der Waals surface area contributed by atoms with Gasteiger partial charge in [0.25, 0.3) is 0 Å². The van der Waals surface area contributed by atoms with Gasteiger partial charge in [0.2, 0.25) is 5.91 Å². The monoisotopic (exact) mass is 503 g/mol. The fraction of sp³-hybridized carbons (Fsp3) is 0.960. The van der Waals surface area contributed by atoms with Gasteiger partial charge in [0, 0.05) is 15.9 Å². The molecule has 3 heteroatoms. The maximum atomic E-state index is 13.2. The van der Waals surface area contributed by atoms with Crippen molar-refractivity contribution in [3.05, 3.63) is 0 Å². The topological polar surface area (TPSA) is 29.1 Å². The number of amides is 1. The number of hydrogen-bond acceptors (Lipinski definition) is 1. The SMILES string of the molecule is CC1CCCC(NC(=O)C2CCCCCCC(I)CC(C)CC2)CC(C)CC1. The second kappa shape index (κ2) is 13.5. The van der Waals surface area contributed by atoms with Crippen molar-refractivity contribution in [3.63, 3.8) is 0 Å². The number of carbonyl (C=O) groups is 1. The van der Waals surface area contributed by atoms with Crippen LogP contribution in [0.15, 0.2) is 0 Å². The summed E-state index contributed by atoms with van der Waals surface area (Å²) < 4.78 is 0.821. The van der Waals surface area contributed by atoms with E-state index in [9.17, 15) is 4.79 Å². The molecule has 0 spiro atoms. The van der Waals surface area contributed by atoms with Gasteiger partial charge < -0.3 is 5.32 Å². The number of halogens is 1. The molecule has 2 rings (SSSR count). The first kappa shape index (κ1) is 24.5. The zero-order valence-electron chi connectivity index (χ0n) is 18.9. The minimum Gasteiger partial charge on any atom is -0.353 e. The first-order valence-electron chi connectivity index (χ1n) is 12.4. The van der Waals surface area contributed by atoms with Gasteiger partial charge in [0.15, 0.2) is 0 Å². The molecule has 6 unspecified atom stereocenters. The quantitative estimate of drug-likeness (QED) is 0.304. The number of rotatable bonds is 2. The molecule has 2 aliphatic rings. The molecule has 0 saturated heterocycles. The largest absolute Gasteiger partial charge is 0.353 e. The van der Waals surface area contributed by atoms with Crippen molar-refractivity contribution in [2.75, 3.05) is 0 Å². The van der Waals surface area contributed by atoms with Crippen molar-refractivity contribution in [3.8, 4) is 0 Å². The van der Waals surface area contributed by atoms with Crippen molar-refractivity contribution in [2.24, 2.45) is 23.7 Å². The Kier molecular flexibility index (Phi) is 11.8. The second-order valence-corrected chi connectivity index (χ2v) is 12.1. The smallest absolute Gasteiger partial charge is 0.223 e. The Hall–Kier alpha value is 0.200. The standard InChI is InChI=1S/C25H46INO/c1-19-9-8-12-24(18-21(3)14-13-19)27-25(28)22-10-6-4-5-7-11-23(26)17-20(2)15-16-22/h19-24H,4-18H2,1-3H3,(H,27,28). The van der Waals surface area contributed by atoms with E-state index in [1.54, 1.807) is 0 Å². The van der Waals surface area contributed by atoms with Gasteiger partial charge in [-0.15, -0.1) is 0 Å². The number of nitrogens with one attached hydrogen (secondary N) is 1. The maximum absolute atomic E-state index is 13.2. The third kappa shape index (κ3) is 9.80. The van der Waals surface area contributed by atoms with Crippen LogP contribution in [0.1, 0.15) is 117 Å². The van der Waals surface area contributed by atoms with E-state index in [1.807, 2.05) is 0 Å². The van der Waals surface area contributed by atoms with Crippen molar-refractivity contribution in [1.82, 2.24) is 5.32 Å². The summed E-state index contributed by atoms with van der Waals surface area (Å²) in [6, 6.07) is 0.408. The molecule has 28 heavy (non-hydrogen) atoms. The third-order valence-electron chi connectivity index (χ3n) is 7.29. The molecule has 164 valence electrons. The first-order valence-corrected chi connectivity index (χ1v) is 13.6. The molecular weight excluding hydrogens is 457 g/mol. The van der Waals surface area contributed by atoms with E-state index >= 15 is 0 Å². The van der Waals surface area contributed by atoms with E-state index in [0.29, 0.717) is 11.9 Å². The van der Waals surface area contributed by atoms with Crippen molar-refractivity contribution in [1.29, 1.82) is 0 Å². The molecule has 0 heterocycles. The lowest BCUT2D eigenvalue weighted by atomic mass is 9.87. The van der Waals surface area contributed by atoms with E-state index in [1.165, 1.54) is 83.5 Å². The Balaban J connectivity index is 1.90. The minimum absolute atomic E-state index is 0.247. The lowest BCUT2D eigenvalue weighted by Gasteiger charge is -2.26. The van der Waals surface area contributed by atoms with E-state index in [0.717, 1.165) is 34.5 Å². The van der Waals surface area contributed by atoms with Crippen molar-refractivity contribution < 1.29 is 4.79 Å². The van der Waals surface area contributed by atoms with Crippen LogP contribution in [0.25, 0.3) is 0 Å². The van der Waals surface area contributed by atoms with Crippen LogP contribution >= 0.6 is 22.6 Å². The highest BCUT2D eigenvalue weighted by Gasteiger charge is 2.24. The van der Waals surface area contributed by atoms with Crippen LogP contribution in [-0.2, 0) is 4.79 Å². The molecule has 1 N–H and O–H groups in total. The zero-order chi connectivity index (χ0) is 20.4. The van der Waals surface area contributed by atoms with Crippen LogP contribution < -0.4 is 5.32 Å². The van der Waals surface area contributed by atoms with Gasteiger partial charge in [-0.1, -0.05) is 94.7 Å². The van der Waals surface area contributed by atoms with Gasteiger partial charge >= 0.3 is 0 Å². The number of carbonyl (C=O) groups excluding carboxylic acids is 1. The fourth-order valence-electron chi connectivity index (χ4n) is 5.27. The molecule has 2 saturated carbocycles. The molecule has 2 aliphatic carbocycles. The maximum Gasteiger partial charge on any atom is 0.223 e. The van der Waals surface area contributed by atoms with Gasteiger partial charge in [-0.05, 0) is 62.7 Å². The summed E-state index contributed by atoms with van der Waals surface area (Å²) in [4.78, 5) is 13.2. The summed E-state index contributed by atoms with van der Waals surface area (Å²) in [6.07, 6.45) is 19.0. The summed E-state index contributed by atoms with van der Waals surface area (Å²) in [5.41, 5.74) is 0. The summed E-state index contributed by atoms with van der Waals surface area (Å²) in [7, 11) is 0. The van der Waals surface area contributed by atoms with Crippen LogP contribution in [0.2, 0.25) is 0 Å². The average molecular weight is 504 g/mol. The van der Waals surface area contributed by atoms with E-state index < -0.39 is 0 Å². The summed E-state index contributed by atoms with van der Waals surface area (Å²) >= 11 is 2.66. The molecule has 2 nitrogen and oxygen atoms in total. The first-order chi connectivity index (χ1) is 13.4. The third-order valence-corrected chi connectivity index (χ3v) is 8.42. The highest BCUT2D eigenvalue weighted by molar-refractivity contribution is 14.1. The van der Waals surface area contributed by atoms with Crippen LogP contribution in [-0.4, -0.2) is 15.9 Å². The lowest BCUT2D eigenvalue weighted by molar-refractivity contribution is -0.126. The molecule has 0 bridgehead atoms. The van der Waals surface area contributed by atoms with Gasteiger partial charge in [-0.25, -0.2) is 0 Å². The van der Waals surface area contributed by atoms with Crippen molar-refractivity contribution in [2.45, 2.75) is 127 Å². The predicted octanol–water partition coefficient (Wildman–Crippen LogP) is 7.68. The van der Waals surface area contributed by atoms with Crippen LogP contribution in [0, 0.1) is 23.7 Å².